The number of phenols is 1. The number of thiazole rings is 1. The number of ether oxygens (including phenoxy) is 4. The van der Waals surface area contributed by atoms with Crippen LogP contribution in [0.5, 0.6) is 28.7 Å². The van der Waals surface area contributed by atoms with E-state index in [4.69, 9.17) is 18.9 Å². The number of esters is 1. The summed E-state index contributed by atoms with van der Waals surface area (Å²) in [4.78, 5) is 33.9. The predicted octanol–water partition coefficient (Wildman–Crippen LogP) is 7.62. The number of thioether (sulfide) groups is 1. The van der Waals surface area contributed by atoms with Gasteiger partial charge in [0.25, 0.3) is 0 Å². The van der Waals surface area contributed by atoms with Gasteiger partial charge in [-0.25, -0.2) is 9.78 Å². The summed E-state index contributed by atoms with van der Waals surface area (Å²) in [5, 5.41) is 19.4. The number of methoxy groups -OCH3 is 2. The van der Waals surface area contributed by atoms with Gasteiger partial charge < -0.3 is 19.3 Å². The third kappa shape index (κ3) is 9.47. The molecule has 58 heavy (non-hydrogen) atoms. The van der Waals surface area contributed by atoms with E-state index in [0.29, 0.717) is 28.8 Å². The van der Waals surface area contributed by atoms with Gasteiger partial charge in [-0.2, -0.15) is 0 Å². The number of phenolic OH excluding ortho intramolecular Hbond substituents is 1. The van der Waals surface area contributed by atoms with Gasteiger partial charge in [-0.15, -0.1) is 23.1 Å². The van der Waals surface area contributed by atoms with Crippen molar-refractivity contribution < 1.29 is 33.6 Å². The Morgan fingerprint density at radius 3 is 2.07 bits per heavy atom. The molecule has 5 aromatic carbocycles. The number of amides is 1. The third-order valence-electron chi connectivity index (χ3n) is 10.1. The maximum atomic E-state index is 12.8. The van der Waals surface area contributed by atoms with E-state index in [2.05, 4.69) is 106 Å². The molecule has 1 aliphatic rings. The standard InChI is InChI=1S/C45H46N3O7PS2/c1-52-38-26-32(55-31-22-23-36-40(28-31)58-44(47-36)43-48-37(30-57-43)45(51)53-2)27-39(42(38)50)54-29-41(49)46-24-14-3-4-15-25-56(33-16-8-5-9-17-33,34-18-10-6-11-19-34)35-20-12-7-13-21-35/h5-13,16-23,26-28,37,50,56H,3-4,14-15,24-25,29-30H2,1-2H3,(H,46,49)/t37-/m1/s1. The molecule has 0 bridgehead atoms. The fourth-order valence-electron chi connectivity index (χ4n) is 7.22. The van der Waals surface area contributed by atoms with E-state index in [1.807, 2.05) is 12.1 Å². The van der Waals surface area contributed by atoms with Crippen molar-refractivity contribution in [3.63, 3.8) is 0 Å². The molecule has 0 radical (unpaired) electrons. The van der Waals surface area contributed by atoms with Gasteiger partial charge in [0, 0.05) is 17.9 Å². The van der Waals surface area contributed by atoms with Crippen LogP contribution >= 0.6 is 30.4 Å². The zero-order valence-electron chi connectivity index (χ0n) is 32.4. The van der Waals surface area contributed by atoms with Crippen LogP contribution in [0.15, 0.2) is 126 Å². The molecule has 1 aliphatic heterocycles. The smallest absolute Gasteiger partial charge is 0.259 e. The first-order valence-corrected chi connectivity index (χ1v) is 23.2. The van der Waals surface area contributed by atoms with Gasteiger partial charge in [-0.3, -0.25) is 4.99 Å². The second kappa shape index (κ2) is 19.4. The van der Waals surface area contributed by atoms with Crippen molar-refractivity contribution in [1.82, 2.24) is 10.3 Å². The summed E-state index contributed by atoms with van der Waals surface area (Å²) >= 11 is 2.92. The van der Waals surface area contributed by atoms with Crippen LogP contribution in [-0.2, 0) is 14.3 Å². The molecule has 1 amide bonds. The number of fused-ring (bicyclic) bond motifs is 1. The number of hydrogen-bond acceptors (Lipinski definition) is 11. The van der Waals surface area contributed by atoms with Crippen LogP contribution in [0, 0.1) is 0 Å². The summed E-state index contributed by atoms with van der Waals surface area (Å²) in [5.74, 6) is 0.721. The first-order chi connectivity index (χ1) is 28.4. The molecule has 0 spiro atoms. The van der Waals surface area contributed by atoms with Crippen molar-refractivity contribution in [2.75, 3.05) is 39.3 Å². The molecule has 7 rings (SSSR count). The number of rotatable bonds is 18. The summed E-state index contributed by atoms with van der Waals surface area (Å²) in [6.45, 7) is 0.243. The molecule has 0 saturated heterocycles. The van der Waals surface area contributed by atoms with Gasteiger partial charge in [0.1, 0.15) is 21.6 Å². The summed E-state index contributed by atoms with van der Waals surface area (Å²) in [6.07, 6.45) is 5.06. The van der Waals surface area contributed by atoms with E-state index < -0.39 is 13.3 Å². The minimum Gasteiger partial charge on any atom is -0.259 e. The quantitative estimate of drug-likeness (QED) is 0.0511. The van der Waals surface area contributed by atoms with Crippen LogP contribution in [0.1, 0.15) is 30.7 Å². The molecule has 6 aromatic rings. The van der Waals surface area contributed by atoms with Crippen LogP contribution in [0.3, 0.4) is 0 Å². The predicted molar refractivity (Wildman–Crippen MR) is 238 cm³/mol. The molecular formula is C45H46N3O7PS2. The fourth-order valence-corrected chi connectivity index (χ4v) is 14.2. The molecule has 2 heterocycles. The topological polar surface area (TPSA) is 129 Å². The average molecular weight is 836 g/mol. The molecule has 0 saturated carbocycles. The van der Waals surface area contributed by atoms with Crippen molar-refractivity contribution in [2.45, 2.75) is 31.7 Å². The van der Waals surface area contributed by atoms with Crippen molar-refractivity contribution in [2.24, 2.45) is 4.99 Å². The number of benzene rings is 5. The van der Waals surface area contributed by atoms with Crippen molar-refractivity contribution >= 4 is 73.4 Å². The summed E-state index contributed by atoms with van der Waals surface area (Å²) in [6, 6.07) is 40.9. The van der Waals surface area contributed by atoms with Crippen molar-refractivity contribution in [1.29, 1.82) is 0 Å². The molecule has 1 aromatic heterocycles. The van der Waals surface area contributed by atoms with Crippen molar-refractivity contribution in [3.05, 3.63) is 126 Å². The van der Waals surface area contributed by atoms with E-state index in [0.717, 1.165) is 47.1 Å². The van der Waals surface area contributed by atoms with Crippen LogP contribution in [0.25, 0.3) is 10.2 Å². The van der Waals surface area contributed by atoms with Crippen LogP contribution in [0.2, 0.25) is 0 Å². The Balaban J connectivity index is 0.912. The number of hydrogen-bond donors (Lipinski definition) is 2. The third-order valence-corrected chi connectivity index (χ3v) is 17.4. The van der Waals surface area contributed by atoms with Gasteiger partial charge >= 0.3 is 203 Å². The number of nitrogens with zero attached hydrogens (tertiary/aromatic N) is 2. The van der Waals surface area contributed by atoms with Crippen LogP contribution in [-0.4, -0.2) is 72.3 Å². The Bertz CT molecular complexity index is 2260. The number of unbranched alkanes of at least 4 members (excludes halogenated alkanes) is 3. The van der Waals surface area contributed by atoms with Crippen LogP contribution in [0.4, 0.5) is 0 Å². The van der Waals surface area contributed by atoms with Crippen LogP contribution < -0.4 is 35.4 Å². The van der Waals surface area contributed by atoms with Gasteiger partial charge in [-0.05, 0) is 12.1 Å². The molecule has 0 aliphatic carbocycles. The Morgan fingerprint density at radius 2 is 1.43 bits per heavy atom. The molecule has 300 valence electrons. The van der Waals surface area contributed by atoms with E-state index in [1.54, 1.807) is 12.1 Å². The molecule has 10 nitrogen and oxygen atoms in total. The summed E-state index contributed by atoms with van der Waals surface area (Å²) in [5.41, 5.74) is 0.772. The Morgan fingerprint density at radius 1 is 0.793 bits per heavy atom. The van der Waals surface area contributed by atoms with E-state index in [1.165, 1.54) is 59.3 Å². The van der Waals surface area contributed by atoms with E-state index >= 15 is 0 Å². The minimum absolute atomic E-state index is 0.0602. The fraction of sp³-hybridized carbons (Fsp3) is 0.244. The Kier molecular flexibility index (Phi) is 13.6. The Hall–Kier alpha value is -5.42. The zero-order valence-corrected chi connectivity index (χ0v) is 35.0. The first-order valence-electron chi connectivity index (χ1n) is 19.2. The number of carbonyl (C=O) groups is 2. The van der Waals surface area contributed by atoms with Crippen molar-refractivity contribution in [3.8, 4) is 28.7 Å². The minimum atomic E-state index is -2.26. The normalized spacial score (nSPS) is 14.1. The van der Waals surface area contributed by atoms with Gasteiger partial charge in [-0.1, -0.05) is 0 Å². The monoisotopic (exact) mass is 835 g/mol. The van der Waals surface area contributed by atoms with E-state index in [9.17, 15) is 14.7 Å². The number of aliphatic imine (C=N–C) groups is 1. The SMILES string of the molecule is COC(=O)[C@H]1CSC(c2nc3ccc(Oc4cc(OC)c(O)c(OCC(=O)NCCCCCC[PH](c5ccccc5)(c5ccccc5)c5ccccc5)c4)cc3s2)=N1. The molecule has 2 N–H and O–H groups in total. The molecule has 1 atom stereocenters. The van der Waals surface area contributed by atoms with Gasteiger partial charge in [0.2, 0.25) is 0 Å². The first kappa shape index (κ1) is 40.8. The molecular weight excluding hydrogens is 790 g/mol. The summed E-state index contributed by atoms with van der Waals surface area (Å²) < 4.78 is 23.0. The van der Waals surface area contributed by atoms with Gasteiger partial charge in [0.05, 0.1) is 24.4 Å². The number of aromatic nitrogens is 1. The maximum absolute atomic E-state index is 12.8. The second-order valence-corrected chi connectivity index (χ2v) is 19.9. The number of nitrogens with one attached hydrogen (secondary N) is 1. The number of carbonyl (C=O) groups excluding carboxylic acids is 2. The zero-order chi connectivity index (χ0) is 40.3. The molecule has 0 fully saturated rings. The molecule has 13 heteroatoms. The van der Waals surface area contributed by atoms with E-state index in [-0.39, 0.29) is 35.7 Å². The average Bonchev–Trinajstić information content (AvgIpc) is 3.94. The molecule has 0 unspecified atom stereocenters. The summed E-state index contributed by atoms with van der Waals surface area (Å²) in [7, 11) is 0.534. The second-order valence-electron chi connectivity index (χ2n) is 13.8. The number of aromatic hydroxyl groups is 1. The van der Waals surface area contributed by atoms with Gasteiger partial charge in [0.15, 0.2) is 11.8 Å². The Labute approximate surface area is 347 Å².